The van der Waals surface area contributed by atoms with E-state index in [0.717, 1.165) is 47.0 Å². The van der Waals surface area contributed by atoms with E-state index >= 15 is 0 Å². The average Bonchev–Trinajstić information content (AvgIpc) is 3.18. The van der Waals surface area contributed by atoms with E-state index in [1.54, 1.807) is 23.5 Å². The van der Waals surface area contributed by atoms with Crippen molar-refractivity contribution in [3.05, 3.63) is 58.9 Å². The van der Waals surface area contributed by atoms with Crippen LogP contribution in [0, 0.1) is 12.7 Å². The summed E-state index contributed by atoms with van der Waals surface area (Å²) in [6, 6.07) is 11.8. The Morgan fingerprint density at radius 1 is 1.18 bits per heavy atom. The Labute approximate surface area is 203 Å². The summed E-state index contributed by atoms with van der Waals surface area (Å²) >= 11 is 1.65. The maximum Gasteiger partial charge on any atom is 0.234 e. The zero-order chi connectivity index (χ0) is 24.1. The number of thiazole rings is 1. The van der Waals surface area contributed by atoms with Gasteiger partial charge < -0.3 is 15.2 Å². The number of aliphatic hydroxyl groups is 1. The van der Waals surface area contributed by atoms with Gasteiger partial charge in [-0.25, -0.2) is 9.37 Å². The molecule has 1 aromatic heterocycles. The van der Waals surface area contributed by atoms with Gasteiger partial charge in [0.05, 0.1) is 27.8 Å². The predicted molar refractivity (Wildman–Crippen MR) is 132 cm³/mol. The molecule has 9 heteroatoms. The van der Waals surface area contributed by atoms with E-state index in [0.29, 0.717) is 18.8 Å². The monoisotopic (exact) mass is 486 g/mol. The second kappa shape index (κ2) is 11.2. The minimum Gasteiger partial charge on any atom is -0.491 e. The van der Waals surface area contributed by atoms with E-state index < -0.39 is 6.10 Å². The van der Waals surface area contributed by atoms with Crippen molar-refractivity contribution in [2.75, 3.05) is 45.9 Å². The van der Waals surface area contributed by atoms with Crippen molar-refractivity contribution in [3.8, 4) is 5.75 Å². The highest BCUT2D eigenvalue weighted by Gasteiger charge is 2.22. The summed E-state index contributed by atoms with van der Waals surface area (Å²) in [5, 5.41) is 14.4. The summed E-state index contributed by atoms with van der Waals surface area (Å²) in [4.78, 5) is 21.2. The van der Waals surface area contributed by atoms with E-state index in [1.165, 1.54) is 12.1 Å². The number of carbonyl (C=O) groups excluding carboxylic acids is 1. The first-order valence-corrected chi connectivity index (χ1v) is 12.3. The van der Waals surface area contributed by atoms with Gasteiger partial charge >= 0.3 is 0 Å². The lowest BCUT2D eigenvalue weighted by atomic mass is 10.1. The zero-order valence-electron chi connectivity index (χ0n) is 19.5. The van der Waals surface area contributed by atoms with Crippen molar-refractivity contribution in [1.29, 1.82) is 0 Å². The highest BCUT2D eigenvalue weighted by atomic mass is 32.1. The zero-order valence-corrected chi connectivity index (χ0v) is 20.4. The van der Waals surface area contributed by atoms with E-state index in [1.807, 2.05) is 32.0 Å². The van der Waals surface area contributed by atoms with Crippen molar-refractivity contribution in [2.45, 2.75) is 26.0 Å². The number of rotatable bonds is 9. The van der Waals surface area contributed by atoms with Crippen LogP contribution in [0.2, 0.25) is 0 Å². The lowest BCUT2D eigenvalue weighted by Crippen LogP contribution is -2.51. The molecule has 0 aliphatic carbocycles. The van der Waals surface area contributed by atoms with Gasteiger partial charge in [0, 0.05) is 38.8 Å². The number of halogens is 1. The highest BCUT2D eigenvalue weighted by molar-refractivity contribution is 7.18. The average molecular weight is 487 g/mol. The number of carbonyl (C=O) groups is 1. The molecule has 1 fully saturated rings. The quantitative estimate of drug-likeness (QED) is 0.484. The third kappa shape index (κ3) is 6.73. The van der Waals surface area contributed by atoms with E-state index in [2.05, 4.69) is 20.1 Å². The first kappa shape index (κ1) is 24.5. The first-order valence-electron chi connectivity index (χ1n) is 11.5. The van der Waals surface area contributed by atoms with Crippen LogP contribution in [0.15, 0.2) is 42.5 Å². The Hall–Kier alpha value is -2.59. The number of fused-ring (bicyclic) bond motifs is 1. The number of aliphatic hydroxyl groups excluding tert-OH is 1. The molecule has 0 saturated carbocycles. The minimum absolute atomic E-state index is 0.0500. The van der Waals surface area contributed by atoms with Gasteiger partial charge in [0.25, 0.3) is 0 Å². The lowest BCUT2D eigenvalue weighted by molar-refractivity contribution is -0.123. The Morgan fingerprint density at radius 2 is 1.88 bits per heavy atom. The fraction of sp³-hybridized carbons (Fsp3) is 0.440. The van der Waals surface area contributed by atoms with Crippen LogP contribution in [0.5, 0.6) is 5.75 Å². The Balaban J connectivity index is 1.15. The van der Waals surface area contributed by atoms with Crippen molar-refractivity contribution in [3.63, 3.8) is 0 Å². The van der Waals surface area contributed by atoms with Crippen LogP contribution in [-0.2, 0) is 4.79 Å². The lowest BCUT2D eigenvalue weighted by Gasteiger charge is -2.35. The third-order valence-electron chi connectivity index (χ3n) is 5.96. The number of ether oxygens (including phenoxy) is 1. The summed E-state index contributed by atoms with van der Waals surface area (Å²) in [6.07, 6.45) is -0.598. The SMILES string of the molecule is Cc1nc2cc(OC[C@H](O)CN3CCN(CC(=O)N[C@H](C)c4ccc(F)cc4)CC3)ccc2s1. The molecule has 7 nitrogen and oxygen atoms in total. The molecule has 1 aliphatic heterocycles. The van der Waals surface area contributed by atoms with Gasteiger partial charge in [-0.3, -0.25) is 14.6 Å². The molecule has 0 bridgehead atoms. The van der Waals surface area contributed by atoms with Gasteiger partial charge in [0.15, 0.2) is 0 Å². The molecule has 0 spiro atoms. The van der Waals surface area contributed by atoms with E-state index in [4.69, 9.17) is 4.74 Å². The Morgan fingerprint density at radius 3 is 2.62 bits per heavy atom. The molecular formula is C25H31FN4O3S. The largest absolute Gasteiger partial charge is 0.491 e. The Bertz CT molecular complexity index is 1100. The van der Waals surface area contributed by atoms with Gasteiger partial charge in [0.2, 0.25) is 5.91 Å². The van der Waals surface area contributed by atoms with Gasteiger partial charge in [-0.05, 0) is 43.7 Å². The summed E-state index contributed by atoms with van der Waals surface area (Å²) in [6.45, 7) is 8.02. The summed E-state index contributed by atoms with van der Waals surface area (Å²) in [7, 11) is 0. The molecule has 1 aliphatic rings. The molecule has 2 atom stereocenters. The molecule has 1 saturated heterocycles. The maximum atomic E-state index is 13.1. The highest BCUT2D eigenvalue weighted by Crippen LogP contribution is 2.25. The third-order valence-corrected chi connectivity index (χ3v) is 6.91. The van der Waals surface area contributed by atoms with Gasteiger partial charge in [-0.1, -0.05) is 12.1 Å². The van der Waals surface area contributed by atoms with E-state index in [9.17, 15) is 14.3 Å². The number of nitrogens with one attached hydrogen (secondary N) is 1. The molecule has 2 heterocycles. The number of amides is 1. The Kier molecular flexibility index (Phi) is 8.10. The summed E-state index contributed by atoms with van der Waals surface area (Å²) in [5.41, 5.74) is 1.79. The molecule has 34 heavy (non-hydrogen) atoms. The van der Waals surface area contributed by atoms with Gasteiger partial charge in [-0.15, -0.1) is 11.3 Å². The predicted octanol–water partition coefficient (Wildman–Crippen LogP) is 2.98. The number of hydrogen-bond donors (Lipinski definition) is 2. The van der Waals surface area contributed by atoms with Gasteiger partial charge in [-0.2, -0.15) is 0 Å². The standard InChI is InChI=1S/C25H31FN4O3S/c1-17(19-3-5-20(26)6-4-19)27-25(32)15-30-11-9-29(10-12-30)14-21(31)16-33-22-7-8-24-23(13-22)28-18(2)34-24/h3-8,13,17,21,31H,9-12,14-16H2,1-2H3,(H,27,32)/t17-,21-/m1/s1. The molecule has 2 N–H and O–H groups in total. The molecule has 0 unspecified atom stereocenters. The fourth-order valence-electron chi connectivity index (χ4n) is 4.11. The minimum atomic E-state index is -0.598. The summed E-state index contributed by atoms with van der Waals surface area (Å²) < 4.78 is 20.0. The molecule has 1 amide bonds. The molecule has 2 aromatic carbocycles. The van der Waals surface area contributed by atoms with Crippen LogP contribution in [0.25, 0.3) is 10.2 Å². The topological polar surface area (TPSA) is 77.9 Å². The molecule has 0 radical (unpaired) electrons. The molecule has 182 valence electrons. The van der Waals surface area contributed by atoms with Crippen LogP contribution in [0.3, 0.4) is 0 Å². The van der Waals surface area contributed by atoms with Crippen LogP contribution in [0.4, 0.5) is 4.39 Å². The molecule has 4 rings (SSSR count). The molecular weight excluding hydrogens is 455 g/mol. The van der Waals surface area contributed by atoms with Crippen molar-refractivity contribution in [2.24, 2.45) is 0 Å². The number of hydrogen-bond acceptors (Lipinski definition) is 7. The fourth-order valence-corrected chi connectivity index (χ4v) is 4.92. The first-order chi connectivity index (χ1) is 16.4. The van der Waals surface area contributed by atoms with Crippen molar-refractivity contribution >= 4 is 27.5 Å². The number of aromatic nitrogens is 1. The van der Waals surface area contributed by atoms with Crippen molar-refractivity contribution < 1.29 is 19.0 Å². The smallest absolute Gasteiger partial charge is 0.234 e. The normalized spacial score (nSPS) is 16.9. The number of benzene rings is 2. The molecule has 3 aromatic rings. The number of aryl methyl sites for hydroxylation is 1. The number of β-amino-alcohol motifs (C(OH)–C–C–N with tert-alkyl or cyclic N) is 1. The second-order valence-corrected chi connectivity index (χ2v) is 9.98. The summed E-state index contributed by atoms with van der Waals surface area (Å²) in [5.74, 6) is 0.373. The maximum absolute atomic E-state index is 13.1. The van der Waals surface area contributed by atoms with Crippen LogP contribution in [-0.4, -0.2) is 77.8 Å². The van der Waals surface area contributed by atoms with Crippen LogP contribution >= 0.6 is 11.3 Å². The van der Waals surface area contributed by atoms with Crippen molar-refractivity contribution in [1.82, 2.24) is 20.1 Å². The number of nitrogens with zero attached hydrogens (tertiary/aromatic N) is 3. The van der Waals surface area contributed by atoms with Crippen LogP contribution < -0.4 is 10.1 Å². The second-order valence-electron chi connectivity index (χ2n) is 8.74. The van der Waals surface area contributed by atoms with Gasteiger partial charge in [0.1, 0.15) is 24.3 Å². The number of piperazine rings is 1. The van der Waals surface area contributed by atoms with Crippen LogP contribution in [0.1, 0.15) is 23.5 Å². The van der Waals surface area contributed by atoms with E-state index in [-0.39, 0.29) is 24.4 Å².